The number of carbonyl (C=O) groups is 6. The summed E-state index contributed by atoms with van der Waals surface area (Å²) in [5, 5.41) is 37.7. The number of nitrogens with zero attached hydrogens (tertiary/aromatic N) is 5. The summed E-state index contributed by atoms with van der Waals surface area (Å²) in [7, 11) is 0. The number of allylic oxidation sites excluding steroid dienone is 12. The Morgan fingerprint density at radius 1 is 0.568 bits per heavy atom. The molecule has 664 valence electrons. The molecule has 26 atom stereocenters. The number of fused-ring (bicyclic) bond motifs is 24. The fourth-order valence-electron chi connectivity index (χ4n) is 27.8. The molecule has 5 aromatic heterocycles. The Hall–Kier alpha value is -6.90. The number of aliphatic hydroxyl groups is 3. The second-order valence-corrected chi connectivity index (χ2v) is 43.0. The molecule has 16 unspecified atom stereocenters. The molecule has 29 heteroatoms. The summed E-state index contributed by atoms with van der Waals surface area (Å²) in [6.07, 6.45) is 23.8. The number of nitrogens with one attached hydrogen (secondary N) is 1. The Kier molecular flexibility index (Phi) is 22.0. The van der Waals surface area contributed by atoms with Crippen molar-refractivity contribution in [2.24, 2.45) is 85.8 Å². The number of ketones is 6. The minimum Gasteiger partial charge on any atom is -0.412 e. The number of halogens is 4. The smallest absolute Gasteiger partial charge is 0.412 e. The van der Waals surface area contributed by atoms with Crippen molar-refractivity contribution in [2.45, 2.75) is 265 Å². The highest BCUT2D eigenvalue weighted by molar-refractivity contribution is 8.00. The first-order valence-corrected chi connectivity index (χ1v) is 47.8. The molecular weight excluding hydrogens is 1680 g/mol. The van der Waals surface area contributed by atoms with Crippen molar-refractivity contribution >= 4 is 115 Å². The van der Waals surface area contributed by atoms with Gasteiger partial charge in [-0.2, -0.15) is 13.2 Å². The van der Waals surface area contributed by atoms with Crippen molar-refractivity contribution in [2.75, 3.05) is 17.3 Å². The molecule has 0 bridgehead atoms. The number of ether oxygens (including phenoxy) is 6. The molecule has 8 heterocycles. The van der Waals surface area contributed by atoms with E-state index in [1.54, 1.807) is 67.0 Å². The Labute approximate surface area is 741 Å². The lowest BCUT2D eigenvalue weighted by Gasteiger charge is -2.60. The molecule has 3 aliphatic heterocycles. The summed E-state index contributed by atoms with van der Waals surface area (Å²) in [4.78, 5) is 105. The number of aromatic nitrogens is 6. The second kappa shape index (κ2) is 31.4. The maximum atomic E-state index is 14.6. The first kappa shape index (κ1) is 87.4. The van der Waals surface area contributed by atoms with E-state index in [0.29, 0.717) is 68.2 Å². The number of Topliss-reactive ketones (excluding diaryl/α,β-unsaturated/α-hetero) is 3. The number of pyridine rings is 3. The summed E-state index contributed by atoms with van der Waals surface area (Å²) in [6.45, 7) is 20.6. The number of aromatic amines is 1. The van der Waals surface area contributed by atoms with Gasteiger partial charge in [0, 0.05) is 79.1 Å². The maximum Gasteiger partial charge on any atom is 0.416 e. The van der Waals surface area contributed by atoms with Crippen LogP contribution >= 0.6 is 46.9 Å². The summed E-state index contributed by atoms with van der Waals surface area (Å²) in [5.74, 6) is -0.129. The topological polar surface area (TPSA) is 312 Å². The first-order valence-electron chi connectivity index (χ1n) is 44.5. The van der Waals surface area contributed by atoms with E-state index in [0.717, 1.165) is 111 Å². The van der Waals surface area contributed by atoms with Crippen LogP contribution in [0.3, 0.4) is 0 Å². The molecule has 0 amide bonds. The summed E-state index contributed by atoms with van der Waals surface area (Å²) < 4.78 is 85.4. The van der Waals surface area contributed by atoms with Crippen LogP contribution in [-0.4, -0.2) is 169 Å². The lowest BCUT2D eigenvalue weighted by atomic mass is 9.46. The number of imidazole rings is 1. The fraction of sp³-hybridized carbons (Fsp3) is 0.594. The van der Waals surface area contributed by atoms with Gasteiger partial charge in [0.1, 0.15) is 5.52 Å². The monoisotopic (exact) mass is 1790 g/mol. The van der Waals surface area contributed by atoms with E-state index in [1.807, 2.05) is 38.1 Å². The molecule has 125 heavy (non-hydrogen) atoms. The highest BCUT2D eigenvalue weighted by atomic mass is 35.5. The van der Waals surface area contributed by atoms with Gasteiger partial charge in [0.2, 0.25) is 5.71 Å². The largest absolute Gasteiger partial charge is 0.416 e. The zero-order valence-electron chi connectivity index (χ0n) is 71.8. The minimum atomic E-state index is -4.48. The number of aliphatic hydroxyl groups excluding tert-OH is 3. The van der Waals surface area contributed by atoms with Crippen molar-refractivity contribution in [3.63, 3.8) is 0 Å². The number of hydrogen-bond acceptors (Lipinski definition) is 24. The third kappa shape index (κ3) is 13.7. The molecule has 22 nitrogen and oxygen atoms in total. The number of thioether (sulfide) groups is 3. The molecule has 9 saturated carbocycles. The zero-order chi connectivity index (χ0) is 88.0. The van der Waals surface area contributed by atoms with Gasteiger partial charge < -0.3 is 53.1 Å². The number of H-pyrrole nitrogens is 1. The van der Waals surface area contributed by atoms with E-state index in [2.05, 4.69) is 85.3 Å². The van der Waals surface area contributed by atoms with Gasteiger partial charge in [-0.1, -0.05) is 144 Å². The van der Waals surface area contributed by atoms with Gasteiger partial charge in [-0.05, 0) is 212 Å². The van der Waals surface area contributed by atoms with E-state index in [1.165, 1.54) is 47.5 Å². The van der Waals surface area contributed by atoms with Crippen LogP contribution in [0, 0.1) is 85.8 Å². The molecule has 12 fully saturated rings. The third-order valence-electron chi connectivity index (χ3n) is 32.8. The number of carbonyl (C=O) groups excluding carboxylic acids is 6. The SMILES string of the molecule is CC1(C)O[C@@H]2CC3C4CCC5=CC(=O)C=CC5(C)C4[C@@H](O)CC3(C)[C@]2(C(=O)CSc2ccnc3cc(C(F)(F)F)ccc23)O1.CCCC1O[C@@H]2CC3C4CCC5=CC(=O)C=CC5(C)C4[C@@H](O)CC3(C)[C@]2(C(=O)CSc2nc3ncc(Cl)cc3[nH]2)O1.CCC[C@@H]1O[C@@H]2CC3C4CCC5=CC(=O)C=CC5(C)C4[C@@H](O)CC3(C)[C@]2(C(=O)CSc2nc3cccnc3o2)O1. The molecule has 0 spiro atoms. The predicted octanol–water partition coefficient (Wildman–Crippen LogP) is 17.2. The van der Waals surface area contributed by atoms with Crippen molar-refractivity contribution < 1.29 is 90.1 Å². The Morgan fingerprint density at radius 2 is 1.06 bits per heavy atom. The zero-order valence-corrected chi connectivity index (χ0v) is 75.0. The van der Waals surface area contributed by atoms with Gasteiger partial charge in [0.25, 0.3) is 5.22 Å². The van der Waals surface area contributed by atoms with Crippen molar-refractivity contribution in [3.8, 4) is 0 Å². The summed E-state index contributed by atoms with van der Waals surface area (Å²) in [6, 6.07) is 10.6. The molecule has 12 aliphatic carbocycles. The van der Waals surface area contributed by atoms with Crippen LogP contribution in [0.25, 0.3) is 33.3 Å². The van der Waals surface area contributed by atoms with Gasteiger partial charge in [-0.15, -0.1) is 11.8 Å². The van der Waals surface area contributed by atoms with Crippen molar-refractivity contribution in [1.29, 1.82) is 0 Å². The Balaban J connectivity index is 0.000000123. The number of oxazole rings is 1. The van der Waals surface area contributed by atoms with Crippen LogP contribution in [0.1, 0.15) is 178 Å². The van der Waals surface area contributed by atoms with Gasteiger partial charge in [-0.3, -0.25) is 33.8 Å². The van der Waals surface area contributed by atoms with Crippen LogP contribution in [-0.2, 0) is 63.4 Å². The molecule has 15 aliphatic rings. The number of rotatable bonds is 16. The minimum absolute atomic E-state index is 0.0148. The predicted molar refractivity (Wildman–Crippen MR) is 462 cm³/mol. The van der Waals surface area contributed by atoms with Crippen LogP contribution in [0.15, 0.2) is 152 Å². The van der Waals surface area contributed by atoms with Crippen molar-refractivity contribution in [3.05, 3.63) is 143 Å². The van der Waals surface area contributed by atoms with Gasteiger partial charge in [0.05, 0.1) is 75.5 Å². The summed E-state index contributed by atoms with van der Waals surface area (Å²) >= 11 is 9.95. The van der Waals surface area contributed by atoms with Gasteiger partial charge in [0.15, 0.2) is 80.7 Å². The molecule has 0 radical (unpaired) electrons. The van der Waals surface area contributed by atoms with E-state index in [9.17, 15) is 57.3 Å². The number of hydrogen-bond donors (Lipinski definition) is 4. The number of alkyl halides is 3. The van der Waals surface area contributed by atoms with Crippen LogP contribution < -0.4 is 0 Å². The average Bonchev–Trinajstić information content (AvgIpc) is 1.52. The number of benzene rings is 1. The quantitative estimate of drug-likeness (QED) is 0.0654. The highest BCUT2D eigenvalue weighted by Gasteiger charge is 2.80. The molecule has 3 saturated heterocycles. The normalized spacial score (nSPS) is 40.6. The van der Waals surface area contributed by atoms with Gasteiger partial charge in [-0.25, -0.2) is 19.9 Å². The van der Waals surface area contributed by atoms with Crippen LogP contribution in [0.4, 0.5) is 13.2 Å². The third-order valence-corrected chi connectivity index (χ3v) is 35.8. The van der Waals surface area contributed by atoms with E-state index >= 15 is 0 Å². The molecular formula is C96H108ClF3N6O16S3. The highest BCUT2D eigenvalue weighted by Crippen LogP contribution is 2.75. The van der Waals surface area contributed by atoms with E-state index < -0.39 is 93.0 Å². The Bertz CT molecular complexity index is 5600. The average molecular weight is 1790 g/mol. The van der Waals surface area contributed by atoms with Gasteiger partial charge >= 0.3 is 6.18 Å². The molecule has 6 aromatic rings. The lowest BCUT2D eigenvalue weighted by molar-refractivity contribution is -0.223. The fourth-order valence-corrected chi connectivity index (χ4v) is 30.5. The molecule has 1 aromatic carbocycles. The second-order valence-electron chi connectivity index (χ2n) is 39.6. The maximum absolute atomic E-state index is 14.6. The lowest BCUT2D eigenvalue weighted by Crippen LogP contribution is -2.63. The van der Waals surface area contributed by atoms with Crippen LogP contribution in [0.2, 0.25) is 5.02 Å². The summed E-state index contributed by atoms with van der Waals surface area (Å²) in [5.41, 5.74) is -1.52. The van der Waals surface area contributed by atoms with E-state index in [4.69, 9.17) is 44.4 Å². The van der Waals surface area contributed by atoms with Crippen LogP contribution in [0.5, 0.6) is 0 Å². The standard InChI is InChI=1S/C34H36F3NO5S.C31H36ClN3O5S.C31H36N2O6S/c1-30(2)42-28-15-23-21-7-5-18-13-20(39)9-11-31(18,3)29(21)25(40)16-32(23,4)33(28,43-30)27(41)17-44-26-10-12-38-24-14-19(34(35,36)37)6-8-22(24)26;1-4-5-25-39-24-12-20-19-7-6-16-10-18(36)8-9-29(16,2)26(19)22(37)13-30(20,3)31(24,40-25)23(38)15-41-28-34-21-11-17(32)14-33-27(21)35-28;1-4-6-25-37-24-14-20-19-9-8-17-13-18(34)10-11-29(17,2)26(19)22(35)15-30(20,3)31(24,39-25)23(36)16-40-28-33-21-7-5-12-32-27(21)38-28/h6,8-14,21,23,25,28-29,40H,5,7,15-17H2,1-4H3;8-11,14,19-20,22,24-26,37H,4-7,12-13,15H2,1-3H3,(H,33,34,35);5,7,10-13,19-20,22,24-26,35H,4,6,8-9,14-16H2,1-3H3/t21?,23?,25-,28+,29?,31?,32?,33+;19?,20?,22-,24+,25?,26?,29?,30?,31+;19?,20?,22-,24+,25+,26?,29?,30?,31+/m000/s1. The van der Waals surface area contributed by atoms with Crippen molar-refractivity contribution in [1.82, 2.24) is 29.9 Å². The molecule has 4 N–H and O–H groups in total. The first-order chi connectivity index (χ1) is 59.4. The van der Waals surface area contributed by atoms with E-state index in [-0.39, 0.29) is 134 Å². The molecule has 21 rings (SSSR count). The Morgan fingerprint density at radius 3 is 1.56 bits per heavy atom.